The van der Waals surface area contributed by atoms with E-state index in [0.717, 1.165) is 15.4 Å². The maximum absolute atomic E-state index is 10.8. The fraction of sp³-hybridized carbons (Fsp3) is 0.133. The second-order valence-electron chi connectivity index (χ2n) is 4.52. The van der Waals surface area contributed by atoms with Crippen molar-refractivity contribution in [2.75, 3.05) is 0 Å². The van der Waals surface area contributed by atoms with Gasteiger partial charge < -0.3 is 5.11 Å². The number of aryl methyl sites for hydroxylation is 1. The van der Waals surface area contributed by atoms with E-state index in [1.54, 1.807) is 31.2 Å². The second kappa shape index (κ2) is 6.41. The highest BCUT2D eigenvalue weighted by Crippen LogP contribution is 2.31. The van der Waals surface area contributed by atoms with Crippen molar-refractivity contribution in [1.82, 2.24) is 0 Å². The lowest BCUT2D eigenvalue weighted by Crippen LogP contribution is -1.99. The molecule has 2 rings (SSSR count). The summed E-state index contributed by atoms with van der Waals surface area (Å²) in [5, 5.41) is 19.5. The summed E-state index contributed by atoms with van der Waals surface area (Å²) in [4.78, 5) is 22.8. The van der Waals surface area contributed by atoms with Crippen molar-refractivity contribution in [3.05, 3.63) is 63.7 Å². The van der Waals surface area contributed by atoms with Gasteiger partial charge in [0, 0.05) is 21.4 Å². The molecule has 1 N–H and O–H groups in total. The minimum atomic E-state index is -0.860. The molecule has 6 heteroatoms. The monoisotopic (exact) mass is 303 g/mol. The van der Waals surface area contributed by atoms with Crippen molar-refractivity contribution in [3.63, 3.8) is 0 Å². The molecule has 0 saturated heterocycles. The number of hydrogen-bond acceptors (Lipinski definition) is 4. The van der Waals surface area contributed by atoms with Gasteiger partial charge in [-0.15, -0.1) is 0 Å². The molecule has 108 valence electrons. The minimum absolute atomic E-state index is 0.00157. The van der Waals surface area contributed by atoms with Crippen LogP contribution in [-0.2, 0) is 11.2 Å². The number of nitro groups is 1. The molecule has 0 heterocycles. The van der Waals surface area contributed by atoms with Crippen molar-refractivity contribution < 1.29 is 14.8 Å². The maximum atomic E-state index is 10.8. The molecule has 2 aromatic carbocycles. The summed E-state index contributed by atoms with van der Waals surface area (Å²) in [6, 6.07) is 12.2. The lowest BCUT2D eigenvalue weighted by atomic mass is 10.2. The van der Waals surface area contributed by atoms with Crippen molar-refractivity contribution >= 4 is 23.4 Å². The fourth-order valence-corrected chi connectivity index (χ4v) is 2.80. The summed E-state index contributed by atoms with van der Waals surface area (Å²) in [6.45, 7) is 1.71. The zero-order valence-electron chi connectivity index (χ0n) is 11.3. The Morgan fingerprint density at radius 1 is 1.19 bits per heavy atom. The third-order valence-corrected chi connectivity index (χ3v) is 3.88. The first-order valence-corrected chi connectivity index (χ1v) is 7.01. The number of benzene rings is 2. The first-order valence-electron chi connectivity index (χ1n) is 6.19. The third kappa shape index (κ3) is 4.06. The van der Waals surface area contributed by atoms with Gasteiger partial charge in [0.15, 0.2) is 0 Å². The minimum Gasteiger partial charge on any atom is -0.481 e. The molecule has 0 atom stereocenters. The number of hydrogen-bond donors (Lipinski definition) is 1. The van der Waals surface area contributed by atoms with Gasteiger partial charge in [0.2, 0.25) is 0 Å². The van der Waals surface area contributed by atoms with Crippen LogP contribution in [0.1, 0.15) is 11.1 Å². The van der Waals surface area contributed by atoms with E-state index in [9.17, 15) is 14.9 Å². The number of carboxylic acid groups (broad SMARTS) is 1. The van der Waals surface area contributed by atoms with E-state index in [1.807, 2.05) is 12.1 Å². The number of carbonyl (C=O) groups is 1. The summed E-state index contributed by atoms with van der Waals surface area (Å²) in [7, 11) is 0. The van der Waals surface area contributed by atoms with E-state index in [2.05, 4.69) is 0 Å². The molecule has 0 amide bonds. The average Bonchev–Trinajstić information content (AvgIpc) is 2.40. The van der Waals surface area contributed by atoms with Gasteiger partial charge in [-0.1, -0.05) is 23.9 Å². The van der Waals surface area contributed by atoms with E-state index >= 15 is 0 Å². The number of nitro benzene ring substituents is 1. The smallest absolute Gasteiger partial charge is 0.307 e. The topological polar surface area (TPSA) is 80.4 Å². The van der Waals surface area contributed by atoms with Gasteiger partial charge in [-0.25, -0.2) is 0 Å². The van der Waals surface area contributed by atoms with Crippen LogP contribution in [0.2, 0.25) is 0 Å². The Hall–Kier alpha value is -2.34. The number of aliphatic carboxylic acids is 1. The Labute approximate surface area is 125 Å². The van der Waals surface area contributed by atoms with Crippen LogP contribution >= 0.6 is 11.8 Å². The normalized spacial score (nSPS) is 10.3. The third-order valence-electron chi connectivity index (χ3n) is 2.88. The Kier molecular flexibility index (Phi) is 4.59. The highest BCUT2D eigenvalue weighted by atomic mass is 32.2. The van der Waals surface area contributed by atoms with Crippen LogP contribution in [-0.4, -0.2) is 16.0 Å². The largest absolute Gasteiger partial charge is 0.481 e. The molecule has 0 aliphatic carbocycles. The van der Waals surface area contributed by atoms with Crippen molar-refractivity contribution in [1.29, 1.82) is 0 Å². The van der Waals surface area contributed by atoms with Crippen molar-refractivity contribution in [2.45, 2.75) is 23.1 Å². The van der Waals surface area contributed by atoms with Crippen LogP contribution in [0.4, 0.5) is 5.69 Å². The summed E-state index contributed by atoms with van der Waals surface area (Å²) >= 11 is 1.48. The van der Waals surface area contributed by atoms with Gasteiger partial charge in [0.25, 0.3) is 5.69 Å². The molecule has 0 aliphatic heterocycles. The molecule has 0 aromatic heterocycles. The van der Waals surface area contributed by atoms with E-state index in [4.69, 9.17) is 5.11 Å². The Morgan fingerprint density at radius 3 is 2.33 bits per heavy atom. The van der Waals surface area contributed by atoms with Crippen LogP contribution in [0.15, 0.2) is 52.3 Å². The Balaban J connectivity index is 2.13. The zero-order valence-corrected chi connectivity index (χ0v) is 12.1. The molecule has 0 aliphatic rings. The average molecular weight is 303 g/mol. The molecule has 0 unspecified atom stereocenters. The van der Waals surface area contributed by atoms with Gasteiger partial charge in [-0.2, -0.15) is 0 Å². The molecule has 0 fully saturated rings. The molecular weight excluding hydrogens is 290 g/mol. The van der Waals surface area contributed by atoms with E-state index < -0.39 is 10.9 Å². The van der Waals surface area contributed by atoms with Crippen LogP contribution < -0.4 is 0 Å². The molecule has 0 bridgehead atoms. The SMILES string of the molecule is Cc1cc(Sc2ccc(CC(=O)O)cc2)ccc1[N+](=O)[O-]. The van der Waals surface area contributed by atoms with Gasteiger partial charge in [0.1, 0.15) is 0 Å². The van der Waals surface area contributed by atoms with E-state index in [-0.39, 0.29) is 12.1 Å². The highest BCUT2D eigenvalue weighted by molar-refractivity contribution is 7.99. The van der Waals surface area contributed by atoms with Crippen LogP contribution in [0.3, 0.4) is 0 Å². The van der Waals surface area contributed by atoms with Crippen molar-refractivity contribution in [2.24, 2.45) is 0 Å². The molecule has 0 saturated carbocycles. The maximum Gasteiger partial charge on any atom is 0.307 e. The standard InChI is InChI=1S/C15H13NO4S/c1-10-8-13(6-7-14(10)16(19)20)21-12-4-2-11(3-5-12)9-15(17)18/h2-8H,9H2,1H3,(H,17,18). The lowest BCUT2D eigenvalue weighted by Gasteiger charge is -2.04. The summed E-state index contributed by atoms with van der Waals surface area (Å²) in [5.74, 6) is -0.860. The molecule has 21 heavy (non-hydrogen) atoms. The Bertz CT molecular complexity index is 683. The van der Waals surface area contributed by atoms with Gasteiger partial charge in [-0.05, 0) is 36.8 Å². The first kappa shape index (κ1) is 15.1. The van der Waals surface area contributed by atoms with Crippen LogP contribution in [0.25, 0.3) is 0 Å². The number of nitrogens with zero attached hydrogens (tertiary/aromatic N) is 1. The van der Waals surface area contributed by atoms with E-state index in [1.165, 1.54) is 17.8 Å². The number of rotatable bonds is 5. The number of carboxylic acids is 1. The van der Waals surface area contributed by atoms with Gasteiger partial charge in [0.05, 0.1) is 11.3 Å². The highest BCUT2D eigenvalue weighted by Gasteiger charge is 2.10. The fourth-order valence-electron chi connectivity index (χ4n) is 1.88. The summed E-state index contributed by atoms with van der Waals surface area (Å²) in [6.07, 6.45) is 0.00157. The molecule has 5 nitrogen and oxygen atoms in total. The van der Waals surface area contributed by atoms with Crippen molar-refractivity contribution in [3.8, 4) is 0 Å². The quantitative estimate of drug-likeness (QED) is 0.673. The van der Waals surface area contributed by atoms with Gasteiger partial charge in [-0.3, -0.25) is 14.9 Å². The van der Waals surface area contributed by atoms with Crippen LogP contribution in [0, 0.1) is 17.0 Å². The predicted octanol–water partition coefficient (Wildman–Crippen LogP) is 3.68. The van der Waals surface area contributed by atoms with Gasteiger partial charge >= 0.3 is 5.97 Å². The van der Waals surface area contributed by atoms with E-state index in [0.29, 0.717) is 5.56 Å². The summed E-state index contributed by atoms with van der Waals surface area (Å²) in [5.41, 5.74) is 1.47. The lowest BCUT2D eigenvalue weighted by molar-refractivity contribution is -0.385. The summed E-state index contributed by atoms with van der Waals surface area (Å²) < 4.78 is 0. The molecule has 0 radical (unpaired) electrons. The molecule has 2 aromatic rings. The van der Waals surface area contributed by atoms with Crippen LogP contribution in [0.5, 0.6) is 0 Å². The zero-order chi connectivity index (χ0) is 15.4. The molecule has 0 spiro atoms. The first-order chi connectivity index (χ1) is 9.95. The predicted molar refractivity (Wildman–Crippen MR) is 79.7 cm³/mol. The molecular formula is C15H13NO4S. The second-order valence-corrected chi connectivity index (χ2v) is 5.67. The Morgan fingerprint density at radius 2 is 1.81 bits per heavy atom.